The van der Waals surface area contributed by atoms with E-state index in [0.717, 1.165) is 65.8 Å². The van der Waals surface area contributed by atoms with Gasteiger partial charge in [0.1, 0.15) is 18.2 Å². The molecule has 3 aromatic carbocycles. The number of aromatic nitrogens is 6. The van der Waals surface area contributed by atoms with Gasteiger partial charge in [0, 0.05) is 81.7 Å². The predicted octanol–water partition coefficient (Wildman–Crippen LogP) is 3.94. The van der Waals surface area contributed by atoms with Gasteiger partial charge in [-0.2, -0.15) is 5.10 Å². The Morgan fingerprint density at radius 1 is 0.864 bits per heavy atom. The third-order valence-corrected chi connectivity index (χ3v) is 13.1. The van der Waals surface area contributed by atoms with Crippen LogP contribution < -0.4 is 31.8 Å². The number of carbonyl (C=O) groups is 4. The third-order valence-electron chi connectivity index (χ3n) is 13.1. The van der Waals surface area contributed by atoms with Crippen molar-refractivity contribution in [2.24, 2.45) is 20.0 Å². The van der Waals surface area contributed by atoms with E-state index in [-0.39, 0.29) is 48.0 Å². The van der Waals surface area contributed by atoms with E-state index in [9.17, 15) is 28.8 Å². The number of carbonyl (C=O) groups excluding carboxylic acids is 4. The molecule has 3 aromatic heterocycles. The third kappa shape index (κ3) is 8.08. The van der Waals surface area contributed by atoms with Crippen LogP contribution in [0.25, 0.3) is 27.8 Å². The highest BCUT2D eigenvalue weighted by atomic mass is 16.2. The van der Waals surface area contributed by atoms with Crippen LogP contribution in [0.2, 0.25) is 0 Å². The first kappa shape index (κ1) is 43.7. The van der Waals surface area contributed by atoms with Crippen molar-refractivity contribution in [1.29, 1.82) is 0 Å². The van der Waals surface area contributed by atoms with Gasteiger partial charge in [0.25, 0.3) is 5.91 Å². The fourth-order valence-electron chi connectivity index (χ4n) is 9.54. The van der Waals surface area contributed by atoms with Crippen LogP contribution in [0, 0.1) is 17.8 Å². The summed E-state index contributed by atoms with van der Waals surface area (Å²) in [6, 6.07) is 19.6. The number of hydrogen-bond acceptors (Lipinski definition) is 9. The van der Waals surface area contributed by atoms with Crippen LogP contribution in [-0.4, -0.2) is 96.9 Å². The standard InChI is InChI=1S/C49H51N11O6/c1-5-37-39(18-22-51-44(37)58-27-26-57(49(58)66)35-10-6-9-34(29-35)45(62)50-2)38-15-14-36(59-30-52-55(4)48(59)65)28-33(38)13-12-31-19-23-56(24-20-31)25-21-32-8-7-11-40-43(32)54(3)47(64)60(40)41-16-17-42(61)53-46(41)63/h6-11,14-15,18,22,28-31,41H,5,16-17,19-21,23-27H2,1-4H3,(H,50,62)(H,53,61,63). The highest BCUT2D eigenvalue weighted by Gasteiger charge is 2.34. The minimum atomic E-state index is -0.734. The lowest BCUT2D eigenvalue weighted by Crippen LogP contribution is -2.44. The molecule has 3 fully saturated rings. The summed E-state index contributed by atoms with van der Waals surface area (Å²) < 4.78 is 5.90. The molecule has 0 aliphatic carbocycles. The molecule has 17 nitrogen and oxygen atoms in total. The van der Waals surface area contributed by atoms with Crippen LogP contribution in [0.1, 0.15) is 65.7 Å². The van der Waals surface area contributed by atoms with Gasteiger partial charge in [-0.05, 0) is 104 Å². The number of hydrogen-bond donors (Lipinski definition) is 2. The van der Waals surface area contributed by atoms with E-state index < -0.39 is 11.9 Å². The van der Waals surface area contributed by atoms with Crippen molar-refractivity contribution in [2.45, 2.75) is 51.5 Å². The summed E-state index contributed by atoms with van der Waals surface area (Å²) in [5.41, 5.74) is 7.05. The number of imide groups is 1. The van der Waals surface area contributed by atoms with Gasteiger partial charge in [-0.1, -0.05) is 43.0 Å². The second-order valence-corrected chi connectivity index (χ2v) is 17.0. The van der Waals surface area contributed by atoms with Crippen molar-refractivity contribution < 1.29 is 19.2 Å². The van der Waals surface area contributed by atoms with Gasteiger partial charge in [-0.3, -0.25) is 38.6 Å². The number of para-hydroxylation sites is 1. The quantitative estimate of drug-likeness (QED) is 0.152. The molecule has 66 heavy (non-hydrogen) atoms. The summed E-state index contributed by atoms with van der Waals surface area (Å²) in [6.07, 6.45) is 6.70. The van der Waals surface area contributed by atoms with E-state index in [0.29, 0.717) is 54.2 Å². The molecule has 1 unspecified atom stereocenters. The number of urea groups is 1. The molecule has 3 saturated heterocycles. The van der Waals surface area contributed by atoms with Crippen LogP contribution in [-0.2, 0) is 36.5 Å². The highest BCUT2D eigenvalue weighted by Crippen LogP contribution is 2.36. The van der Waals surface area contributed by atoms with Crippen molar-refractivity contribution in [3.63, 3.8) is 0 Å². The van der Waals surface area contributed by atoms with E-state index in [1.54, 1.807) is 59.9 Å². The number of aryl methyl sites for hydroxylation is 2. The molecular weight excluding hydrogens is 839 g/mol. The average Bonchev–Trinajstić information content (AvgIpc) is 3.97. The summed E-state index contributed by atoms with van der Waals surface area (Å²) in [6.45, 7) is 5.34. The molecule has 6 heterocycles. The molecule has 3 aliphatic rings. The number of amides is 5. The van der Waals surface area contributed by atoms with E-state index in [1.807, 2.05) is 55.5 Å². The second kappa shape index (κ2) is 18.1. The van der Waals surface area contributed by atoms with E-state index >= 15 is 0 Å². The number of rotatable bonds is 10. The van der Waals surface area contributed by atoms with Crippen LogP contribution in [0.3, 0.4) is 0 Å². The number of piperidine rings is 2. The van der Waals surface area contributed by atoms with Crippen LogP contribution in [0.4, 0.5) is 16.3 Å². The number of nitrogens with zero attached hydrogens (tertiary/aromatic N) is 9. The minimum Gasteiger partial charge on any atom is -0.355 e. The number of imidazole rings is 1. The Kier molecular flexibility index (Phi) is 12.0. The predicted molar refractivity (Wildman–Crippen MR) is 250 cm³/mol. The fraction of sp³-hybridized carbons (Fsp3) is 0.347. The summed E-state index contributed by atoms with van der Waals surface area (Å²) in [4.78, 5) is 88.0. The van der Waals surface area contributed by atoms with Gasteiger partial charge in [-0.15, -0.1) is 0 Å². The van der Waals surface area contributed by atoms with Crippen molar-refractivity contribution in [1.82, 2.24) is 44.0 Å². The maximum atomic E-state index is 14.1. The minimum absolute atomic E-state index is 0.124. The van der Waals surface area contributed by atoms with E-state index in [4.69, 9.17) is 4.98 Å². The summed E-state index contributed by atoms with van der Waals surface area (Å²) >= 11 is 0. The molecule has 3 aliphatic heterocycles. The normalized spacial score (nSPS) is 17.0. The van der Waals surface area contributed by atoms with Crippen LogP contribution in [0.15, 0.2) is 88.8 Å². The zero-order valence-electron chi connectivity index (χ0n) is 37.4. The van der Waals surface area contributed by atoms with Crippen molar-refractivity contribution in [3.8, 4) is 28.7 Å². The summed E-state index contributed by atoms with van der Waals surface area (Å²) in [7, 11) is 4.91. The Bertz CT molecular complexity index is 3100. The number of pyridine rings is 1. The zero-order valence-corrected chi connectivity index (χ0v) is 37.4. The summed E-state index contributed by atoms with van der Waals surface area (Å²) in [5, 5.41) is 9.19. The number of anilines is 2. The molecule has 2 N–H and O–H groups in total. The lowest BCUT2D eigenvalue weighted by atomic mass is 9.93. The molecular formula is C49H51N11O6. The molecule has 6 aromatic rings. The molecule has 0 saturated carbocycles. The smallest absolute Gasteiger partial charge is 0.350 e. The fourth-order valence-corrected chi connectivity index (χ4v) is 9.54. The lowest BCUT2D eigenvalue weighted by molar-refractivity contribution is -0.135. The Hall–Kier alpha value is -7.58. The average molecular weight is 890 g/mol. The first-order valence-electron chi connectivity index (χ1n) is 22.4. The van der Waals surface area contributed by atoms with Crippen molar-refractivity contribution >= 4 is 46.3 Å². The first-order valence-corrected chi connectivity index (χ1v) is 22.4. The van der Waals surface area contributed by atoms with E-state index in [2.05, 4.69) is 32.5 Å². The lowest BCUT2D eigenvalue weighted by Gasteiger charge is -2.29. The zero-order chi connectivity index (χ0) is 46.2. The highest BCUT2D eigenvalue weighted by molar-refractivity contribution is 6.07. The first-order chi connectivity index (χ1) is 31.9. The molecule has 5 amide bonds. The van der Waals surface area contributed by atoms with Crippen LogP contribution >= 0.6 is 0 Å². The van der Waals surface area contributed by atoms with Gasteiger partial charge in [0.15, 0.2) is 0 Å². The topological polar surface area (TPSA) is 182 Å². The number of benzene rings is 3. The van der Waals surface area contributed by atoms with Gasteiger partial charge < -0.3 is 10.2 Å². The number of fused-ring (bicyclic) bond motifs is 1. The van der Waals surface area contributed by atoms with E-state index in [1.165, 1.54) is 20.1 Å². The number of nitrogens with one attached hydrogen (secondary N) is 2. The summed E-state index contributed by atoms with van der Waals surface area (Å²) in [5.74, 6) is 6.79. The molecule has 338 valence electrons. The molecule has 9 rings (SSSR count). The molecule has 17 heteroatoms. The van der Waals surface area contributed by atoms with Crippen molar-refractivity contribution in [2.75, 3.05) is 49.6 Å². The monoisotopic (exact) mass is 889 g/mol. The van der Waals surface area contributed by atoms with Gasteiger partial charge >= 0.3 is 17.4 Å². The second-order valence-electron chi connectivity index (χ2n) is 17.0. The van der Waals surface area contributed by atoms with Crippen molar-refractivity contribution in [3.05, 3.63) is 122 Å². The SMILES string of the molecule is CCc1c(-c2ccc(-n3cnn(C)c3=O)cc2C#CC2CCN(CCc3cccc4c3n(C)c(=O)n4C3CCC(=O)NC3=O)CC2)ccnc1N1CCN(c2cccc(C(=O)NC)c2)C1=O. The Labute approximate surface area is 380 Å². The van der Waals surface area contributed by atoms with Gasteiger partial charge in [0.2, 0.25) is 11.8 Å². The Morgan fingerprint density at radius 2 is 1.65 bits per heavy atom. The van der Waals surface area contributed by atoms with Gasteiger partial charge in [0.05, 0.1) is 16.7 Å². The molecule has 0 radical (unpaired) electrons. The molecule has 1 atom stereocenters. The van der Waals surface area contributed by atoms with Gasteiger partial charge in [-0.25, -0.2) is 28.6 Å². The molecule has 0 bridgehead atoms. The maximum Gasteiger partial charge on any atom is 0.350 e. The largest absolute Gasteiger partial charge is 0.355 e. The Balaban J connectivity index is 0.949. The number of likely N-dealkylation sites (tertiary alicyclic amines) is 1. The maximum absolute atomic E-state index is 14.1. The van der Waals surface area contributed by atoms with Crippen LogP contribution in [0.5, 0.6) is 0 Å². The molecule has 0 spiro atoms. The Morgan fingerprint density at radius 3 is 2.39 bits per heavy atom.